The third-order valence-corrected chi connectivity index (χ3v) is 7.54. The van der Waals surface area contributed by atoms with E-state index in [0.29, 0.717) is 0 Å². The van der Waals surface area contributed by atoms with Crippen molar-refractivity contribution in [2.24, 2.45) is 35.0 Å². The fourth-order valence-electron chi connectivity index (χ4n) is 7.18. The Bertz CT molecular complexity index is 325. The number of nitrogens with one attached hydrogen (secondary N) is 1. The predicted octanol–water partition coefficient (Wildman–Crippen LogP) is 4.62. The molecule has 1 N–H and O–H groups in total. The summed E-state index contributed by atoms with van der Waals surface area (Å²) < 4.78 is 0. The first-order chi connectivity index (χ1) is 9.74. The molecule has 5 saturated carbocycles. The first-order valence-corrected chi connectivity index (χ1v) is 9.47. The molecule has 3 atom stereocenters. The molecule has 1 nitrogen and oxygen atoms in total. The van der Waals surface area contributed by atoms with Crippen molar-refractivity contribution in [3.8, 4) is 0 Å². The van der Waals surface area contributed by atoms with Gasteiger partial charge < -0.3 is 5.32 Å². The average molecular weight is 275 g/mol. The molecule has 5 aliphatic carbocycles. The van der Waals surface area contributed by atoms with Crippen LogP contribution < -0.4 is 5.32 Å². The van der Waals surface area contributed by atoms with Crippen molar-refractivity contribution in [1.82, 2.24) is 5.32 Å². The molecule has 5 aliphatic rings. The zero-order valence-electron chi connectivity index (χ0n) is 13.5. The summed E-state index contributed by atoms with van der Waals surface area (Å²) in [5, 5.41) is 3.83. The van der Waals surface area contributed by atoms with E-state index in [-0.39, 0.29) is 0 Å². The molecule has 0 amide bonds. The smallest absolute Gasteiger partial charge is 0.0101 e. The molecule has 0 radical (unpaired) electrons. The highest BCUT2D eigenvalue weighted by Gasteiger charge is 2.59. The molecule has 0 aromatic heterocycles. The van der Waals surface area contributed by atoms with Crippen LogP contribution in [0.25, 0.3) is 0 Å². The molecule has 4 bridgehead atoms. The highest BCUT2D eigenvalue weighted by atomic mass is 14.9. The van der Waals surface area contributed by atoms with E-state index in [1.165, 1.54) is 25.8 Å². The topological polar surface area (TPSA) is 12.0 Å². The van der Waals surface area contributed by atoms with Gasteiger partial charge >= 0.3 is 0 Å². The van der Waals surface area contributed by atoms with Gasteiger partial charge in [-0.1, -0.05) is 20.3 Å². The second-order valence-corrected chi connectivity index (χ2v) is 8.75. The molecular weight excluding hydrogens is 242 g/mol. The third-order valence-electron chi connectivity index (χ3n) is 7.54. The van der Waals surface area contributed by atoms with Gasteiger partial charge in [0, 0.05) is 6.04 Å². The van der Waals surface area contributed by atoms with Crippen LogP contribution in [-0.2, 0) is 0 Å². The van der Waals surface area contributed by atoms with Gasteiger partial charge in [-0.3, -0.25) is 0 Å². The van der Waals surface area contributed by atoms with Crippen molar-refractivity contribution in [2.75, 3.05) is 6.54 Å². The molecule has 5 rings (SSSR count). The summed E-state index contributed by atoms with van der Waals surface area (Å²) in [4.78, 5) is 0. The molecule has 5 fully saturated rings. The van der Waals surface area contributed by atoms with Crippen LogP contribution in [0.4, 0.5) is 0 Å². The van der Waals surface area contributed by atoms with Gasteiger partial charge in [0.1, 0.15) is 0 Å². The van der Waals surface area contributed by atoms with E-state index in [1.807, 2.05) is 0 Å². The van der Waals surface area contributed by atoms with E-state index in [9.17, 15) is 0 Å². The van der Waals surface area contributed by atoms with Crippen molar-refractivity contribution in [3.63, 3.8) is 0 Å². The van der Waals surface area contributed by atoms with Crippen LogP contribution in [0, 0.1) is 35.0 Å². The summed E-state index contributed by atoms with van der Waals surface area (Å²) in [5.41, 5.74) is 0.805. The van der Waals surface area contributed by atoms with E-state index < -0.39 is 0 Å². The molecule has 20 heavy (non-hydrogen) atoms. The maximum atomic E-state index is 3.83. The SMILES string of the molecule is CCCNC1CC(C23CC4CC(CC(C4)C2)C3)C1CC. The summed E-state index contributed by atoms with van der Waals surface area (Å²) in [6, 6.07) is 0.859. The Morgan fingerprint density at radius 2 is 1.50 bits per heavy atom. The number of hydrogen-bond donors (Lipinski definition) is 1. The lowest BCUT2D eigenvalue weighted by molar-refractivity contribution is -0.137. The van der Waals surface area contributed by atoms with Gasteiger partial charge in [0.15, 0.2) is 0 Å². The lowest BCUT2D eigenvalue weighted by Crippen LogP contribution is -2.60. The predicted molar refractivity (Wildman–Crippen MR) is 84.6 cm³/mol. The first-order valence-electron chi connectivity index (χ1n) is 9.47. The van der Waals surface area contributed by atoms with Crippen molar-refractivity contribution in [1.29, 1.82) is 0 Å². The summed E-state index contributed by atoms with van der Waals surface area (Å²) in [6.07, 6.45) is 13.8. The van der Waals surface area contributed by atoms with Gasteiger partial charge in [0.25, 0.3) is 0 Å². The fourth-order valence-corrected chi connectivity index (χ4v) is 7.18. The van der Waals surface area contributed by atoms with Gasteiger partial charge in [-0.05, 0) is 92.9 Å². The van der Waals surface area contributed by atoms with Crippen LogP contribution in [0.2, 0.25) is 0 Å². The Morgan fingerprint density at radius 3 is 2.00 bits per heavy atom. The molecule has 0 aliphatic heterocycles. The fraction of sp³-hybridized carbons (Fsp3) is 1.00. The van der Waals surface area contributed by atoms with E-state index in [1.54, 1.807) is 38.5 Å². The van der Waals surface area contributed by atoms with Crippen molar-refractivity contribution in [3.05, 3.63) is 0 Å². The number of hydrogen-bond acceptors (Lipinski definition) is 1. The summed E-state index contributed by atoms with van der Waals surface area (Å²) >= 11 is 0. The molecule has 1 heteroatoms. The Morgan fingerprint density at radius 1 is 0.900 bits per heavy atom. The van der Waals surface area contributed by atoms with Gasteiger partial charge in [-0.25, -0.2) is 0 Å². The van der Waals surface area contributed by atoms with Crippen molar-refractivity contribution < 1.29 is 0 Å². The van der Waals surface area contributed by atoms with E-state index in [2.05, 4.69) is 19.2 Å². The molecule has 0 aromatic rings. The highest BCUT2D eigenvalue weighted by Crippen LogP contribution is 2.66. The molecule has 0 heterocycles. The highest BCUT2D eigenvalue weighted by molar-refractivity contribution is 5.10. The summed E-state index contributed by atoms with van der Waals surface area (Å²) in [6.45, 7) is 5.97. The second kappa shape index (κ2) is 5.00. The van der Waals surface area contributed by atoms with Gasteiger partial charge in [-0.15, -0.1) is 0 Å². The van der Waals surface area contributed by atoms with Crippen LogP contribution in [-0.4, -0.2) is 12.6 Å². The molecule has 0 saturated heterocycles. The van der Waals surface area contributed by atoms with Gasteiger partial charge in [0.2, 0.25) is 0 Å². The van der Waals surface area contributed by atoms with Crippen LogP contribution in [0.5, 0.6) is 0 Å². The Labute approximate surface area is 125 Å². The van der Waals surface area contributed by atoms with E-state index in [4.69, 9.17) is 0 Å². The number of rotatable bonds is 5. The zero-order chi connectivity index (χ0) is 13.7. The minimum atomic E-state index is 0.805. The van der Waals surface area contributed by atoms with Crippen LogP contribution in [0.15, 0.2) is 0 Å². The first kappa shape index (κ1) is 13.6. The molecular formula is C19H33N. The normalized spacial score (nSPS) is 53.1. The minimum absolute atomic E-state index is 0.805. The van der Waals surface area contributed by atoms with Crippen LogP contribution in [0.3, 0.4) is 0 Å². The van der Waals surface area contributed by atoms with Crippen molar-refractivity contribution in [2.45, 2.75) is 77.7 Å². The lowest BCUT2D eigenvalue weighted by Gasteiger charge is -2.65. The van der Waals surface area contributed by atoms with Gasteiger partial charge in [-0.2, -0.15) is 0 Å². The minimum Gasteiger partial charge on any atom is -0.314 e. The molecule has 0 spiro atoms. The Balaban J connectivity index is 1.48. The van der Waals surface area contributed by atoms with Crippen molar-refractivity contribution >= 4 is 0 Å². The maximum absolute atomic E-state index is 3.83. The lowest BCUT2D eigenvalue weighted by atomic mass is 9.41. The third kappa shape index (κ3) is 1.99. The Hall–Kier alpha value is -0.0400. The van der Waals surface area contributed by atoms with Gasteiger partial charge in [0.05, 0.1) is 0 Å². The Kier molecular flexibility index (Phi) is 3.41. The second-order valence-electron chi connectivity index (χ2n) is 8.75. The monoisotopic (exact) mass is 275 g/mol. The maximum Gasteiger partial charge on any atom is 0.0101 e. The zero-order valence-corrected chi connectivity index (χ0v) is 13.5. The molecule has 0 aromatic carbocycles. The van der Waals surface area contributed by atoms with E-state index in [0.717, 1.165) is 41.0 Å². The van der Waals surface area contributed by atoms with E-state index >= 15 is 0 Å². The average Bonchev–Trinajstić information content (AvgIpc) is 2.36. The molecule has 3 unspecified atom stereocenters. The standard InChI is InChI=1S/C19H33N/c1-3-5-20-18-9-17(16(18)4-2)19-10-13-6-14(11-19)8-15(7-13)12-19/h13-18,20H,3-12H2,1-2H3. The molecule has 114 valence electrons. The quantitative estimate of drug-likeness (QED) is 0.772. The van der Waals surface area contributed by atoms with Crippen LogP contribution in [0.1, 0.15) is 71.6 Å². The summed E-state index contributed by atoms with van der Waals surface area (Å²) in [5.74, 6) is 5.46. The van der Waals surface area contributed by atoms with Crippen LogP contribution >= 0.6 is 0 Å². The summed E-state index contributed by atoms with van der Waals surface area (Å²) in [7, 11) is 0. The largest absolute Gasteiger partial charge is 0.314 e.